The molecule has 7 heteroatoms. The van der Waals surface area contributed by atoms with E-state index in [0.29, 0.717) is 5.69 Å². The fourth-order valence-corrected chi connectivity index (χ4v) is 3.76. The molecule has 0 saturated heterocycles. The zero-order chi connectivity index (χ0) is 18.6. The largest absolute Gasteiger partial charge is 0.495 e. The fourth-order valence-electron chi connectivity index (χ4n) is 2.31. The Morgan fingerprint density at radius 3 is 2.40 bits per heavy atom. The van der Waals surface area contributed by atoms with Crippen LogP contribution in [-0.2, 0) is 10.0 Å². The molecule has 0 spiro atoms. The Labute approximate surface area is 148 Å². The smallest absolute Gasteiger partial charge is 0.255 e. The molecule has 0 aliphatic rings. The summed E-state index contributed by atoms with van der Waals surface area (Å²) in [6, 6.07) is 11.4. The first-order valence-electron chi connectivity index (χ1n) is 7.82. The summed E-state index contributed by atoms with van der Waals surface area (Å²) < 4.78 is 32.6. The van der Waals surface area contributed by atoms with Gasteiger partial charge >= 0.3 is 0 Å². The summed E-state index contributed by atoms with van der Waals surface area (Å²) in [5.41, 5.74) is 1.82. The van der Waals surface area contributed by atoms with Crippen LogP contribution in [0.4, 0.5) is 5.69 Å². The van der Waals surface area contributed by atoms with Crippen LogP contribution in [0.3, 0.4) is 0 Å². The summed E-state index contributed by atoms with van der Waals surface area (Å²) >= 11 is 0. The Balaban J connectivity index is 2.38. The Kier molecular flexibility index (Phi) is 5.81. The minimum absolute atomic E-state index is 0.0684. The molecule has 0 heterocycles. The molecule has 2 rings (SSSR count). The van der Waals surface area contributed by atoms with Crippen molar-refractivity contribution in [2.24, 2.45) is 0 Å². The molecule has 0 unspecified atom stereocenters. The van der Waals surface area contributed by atoms with Crippen molar-refractivity contribution in [3.8, 4) is 5.75 Å². The van der Waals surface area contributed by atoms with Gasteiger partial charge in [0.05, 0.1) is 7.11 Å². The van der Waals surface area contributed by atoms with E-state index in [4.69, 9.17) is 4.74 Å². The Morgan fingerprint density at radius 2 is 1.80 bits per heavy atom. The molecule has 0 aliphatic heterocycles. The Hall–Kier alpha value is -2.38. The van der Waals surface area contributed by atoms with Gasteiger partial charge in [-0.25, -0.2) is 13.1 Å². The molecule has 2 aromatic carbocycles. The van der Waals surface area contributed by atoms with E-state index >= 15 is 0 Å². The quantitative estimate of drug-likeness (QED) is 0.827. The summed E-state index contributed by atoms with van der Waals surface area (Å²) in [7, 11) is -2.41. The summed E-state index contributed by atoms with van der Waals surface area (Å²) in [4.78, 5) is 12.4. The lowest BCUT2D eigenvalue weighted by Gasteiger charge is -2.14. The van der Waals surface area contributed by atoms with E-state index in [-0.39, 0.29) is 22.3 Å². The molecule has 0 atom stereocenters. The maximum atomic E-state index is 12.5. The molecule has 134 valence electrons. The van der Waals surface area contributed by atoms with Crippen molar-refractivity contribution in [1.29, 1.82) is 0 Å². The minimum Gasteiger partial charge on any atom is -0.495 e. The number of hydrogen-bond donors (Lipinski definition) is 2. The maximum absolute atomic E-state index is 12.5. The molecule has 0 saturated carbocycles. The van der Waals surface area contributed by atoms with Crippen molar-refractivity contribution in [2.75, 3.05) is 12.4 Å². The van der Waals surface area contributed by atoms with E-state index in [9.17, 15) is 13.2 Å². The summed E-state index contributed by atoms with van der Waals surface area (Å²) in [6.45, 7) is 5.32. The predicted octanol–water partition coefficient (Wildman–Crippen LogP) is 2.94. The second kappa shape index (κ2) is 7.67. The zero-order valence-electron chi connectivity index (χ0n) is 14.7. The molecule has 2 N–H and O–H groups in total. The number of benzene rings is 2. The highest BCUT2D eigenvalue weighted by molar-refractivity contribution is 7.89. The SMILES string of the molecule is COc1ccc(C(=O)Nc2ccccc2C)cc1S(=O)(=O)NC(C)C. The van der Waals surface area contributed by atoms with Gasteiger partial charge in [0.25, 0.3) is 5.91 Å². The predicted molar refractivity (Wildman–Crippen MR) is 97.6 cm³/mol. The highest BCUT2D eigenvalue weighted by atomic mass is 32.2. The van der Waals surface area contributed by atoms with Crippen molar-refractivity contribution in [1.82, 2.24) is 4.72 Å². The number of hydrogen-bond acceptors (Lipinski definition) is 4. The van der Waals surface area contributed by atoms with Crippen molar-refractivity contribution in [2.45, 2.75) is 31.7 Å². The average Bonchev–Trinajstić information content (AvgIpc) is 2.55. The topological polar surface area (TPSA) is 84.5 Å². The first kappa shape index (κ1) is 19.0. The van der Waals surface area contributed by atoms with E-state index in [1.54, 1.807) is 19.9 Å². The lowest BCUT2D eigenvalue weighted by Crippen LogP contribution is -2.30. The third-order valence-corrected chi connectivity index (χ3v) is 5.18. The number of nitrogens with one attached hydrogen (secondary N) is 2. The van der Waals surface area contributed by atoms with Gasteiger partial charge in [-0.1, -0.05) is 18.2 Å². The number of methoxy groups -OCH3 is 1. The number of sulfonamides is 1. The Bertz CT molecular complexity index is 876. The third kappa shape index (κ3) is 4.58. The van der Waals surface area contributed by atoms with Crippen LogP contribution in [0.5, 0.6) is 5.75 Å². The number of ether oxygens (including phenoxy) is 1. The monoisotopic (exact) mass is 362 g/mol. The summed E-state index contributed by atoms with van der Waals surface area (Å²) in [5.74, 6) is -0.210. The van der Waals surface area contributed by atoms with Crippen LogP contribution in [0.1, 0.15) is 29.8 Å². The highest BCUT2D eigenvalue weighted by Gasteiger charge is 2.22. The number of aryl methyl sites for hydroxylation is 1. The number of rotatable bonds is 6. The fraction of sp³-hybridized carbons (Fsp3) is 0.278. The van der Waals surface area contributed by atoms with Gasteiger partial charge in [-0.05, 0) is 50.6 Å². The van der Waals surface area contributed by atoms with Gasteiger partial charge in [-0.2, -0.15) is 0 Å². The van der Waals surface area contributed by atoms with Crippen LogP contribution >= 0.6 is 0 Å². The first-order chi connectivity index (χ1) is 11.7. The summed E-state index contributed by atoms with van der Waals surface area (Å²) in [6.07, 6.45) is 0. The van der Waals surface area contributed by atoms with E-state index < -0.39 is 15.9 Å². The summed E-state index contributed by atoms with van der Waals surface area (Å²) in [5, 5.41) is 2.79. The molecule has 2 aromatic rings. The van der Waals surface area contributed by atoms with Gasteiger partial charge in [0.1, 0.15) is 10.6 Å². The second-order valence-electron chi connectivity index (χ2n) is 5.91. The van der Waals surface area contributed by atoms with Crippen LogP contribution in [-0.4, -0.2) is 27.5 Å². The standard InChI is InChI=1S/C18H22N2O4S/c1-12(2)20-25(22,23)17-11-14(9-10-16(17)24-4)18(21)19-15-8-6-5-7-13(15)3/h5-12,20H,1-4H3,(H,19,21). The number of para-hydroxylation sites is 1. The van der Waals surface area contributed by atoms with Crippen LogP contribution in [0, 0.1) is 6.92 Å². The Morgan fingerprint density at radius 1 is 1.12 bits per heavy atom. The normalized spacial score (nSPS) is 11.4. The highest BCUT2D eigenvalue weighted by Crippen LogP contribution is 2.26. The average molecular weight is 362 g/mol. The molecular weight excluding hydrogens is 340 g/mol. The van der Waals surface area contributed by atoms with Crippen LogP contribution in [0.15, 0.2) is 47.4 Å². The third-order valence-electron chi connectivity index (χ3n) is 3.50. The number of carbonyl (C=O) groups excluding carboxylic acids is 1. The lowest BCUT2D eigenvalue weighted by atomic mass is 10.1. The van der Waals surface area contributed by atoms with Crippen molar-refractivity contribution in [3.63, 3.8) is 0 Å². The second-order valence-corrected chi connectivity index (χ2v) is 7.59. The van der Waals surface area contributed by atoms with Gasteiger partial charge in [0.15, 0.2) is 0 Å². The lowest BCUT2D eigenvalue weighted by molar-refractivity contribution is 0.102. The van der Waals surface area contributed by atoms with Gasteiger partial charge < -0.3 is 10.1 Å². The number of anilines is 1. The molecular formula is C18H22N2O4S. The van der Waals surface area contributed by atoms with Crippen molar-refractivity contribution < 1.29 is 17.9 Å². The molecule has 0 aliphatic carbocycles. The minimum atomic E-state index is -3.79. The van der Waals surface area contributed by atoms with E-state index in [1.165, 1.54) is 25.3 Å². The first-order valence-corrected chi connectivity index (χ1v) is 9.30. The van der Waals surface area contributed by atoms with E-state index in [2.05, 4.69) is 10.0 Å². The van der Waals surface area contributed by atoms with Crippen LogP contribution in [0.25, 0.3) is 0 Å². The molecule has 0 bridgehead atoms. The van der Waals surface area contributed by atoms with Gasteiger partial charge in [-0.15, -0.1) is 0 Å². The van der Waals surface area contributed by atoms with Crippen molar-refractivity contribution in [3.05, 3.63) is 53.6 Å². The van der Waals surface area contributed by atoms with Gasteiger partial charge in [0, 0.05) is 17.3 Å². The zero-order valence-corrected chi connectivity index (χ0v) is 15.5. The molecule has 6 nitrogen and oxygen atoms in total. The van der Waals surface area contributed by atoms with Crippen LogP contribution < -0.4 is 14.8 Å². The molecule has 0 radical (unpaired) electrons. The van der Waals surface area contributed by atoms with Crippen LogP contribution in [0.2, 0.25) is 0 Å². The molecule has 1 amide bonds. The van der Waals surface area contributed by atoms with E-state index in [1.807, 2.05) is 25.1 Å². The van der Waals surface area contributed by atoms with E-state index in [0.717, 1.165) is 5.56 Å². The number of amides is 1. The molecule has 0 aromatic heterocycles. The van der Waals surface area contributed by atoms with Crippen molar-refractivity contribution >= 4 is 21.6 Å². The molecule has 0 fully saturated rings. The molecule has 25 heavy (non-hydrogen) atoms. The maximum Gasteiger partial charge on any atom is 0.255 e. The van der Waals surface area contributed by atoms with Gasteiger partial charge in [0.2, 0.25) is 10.0 Å². The van der Waals surface area contributed by atoms with Gasteiger partial charge in [-0.3, -0.25) is 4.79 Å². The number of carbonyl (C=O) groups is 1.